The monoisotopic (exact) mass is 318 g/mol. The van der Waals surface area contributed by atoms with E-state index in [4.69, 9.17) is 4.74 Å². The normalized spacial score (nSPS) is 17.3. The summed E-state index contributed by atoms with van der Waals surface area (Å²) in [5.74, 6) is 0. The van der Waals surface area contributed by atoms with E-state index in [1.807, 2.05) is 30.3 Å². The van der Waals surface area contributed by atoms with Crippen LogP contribution in [-0.4, -0.2) is 41.3 Å². The van der Waals surface area contributed by atoms with Crippen LogP contribution in [0.15, 0.2) is 58.8 Å². The van der Waals surface area contributed by atoms with Gasteiger partial charge in [0.15, 0.2) is 9.84 Å². The van der Waals surface area contributed by atoms with Crippen LogP contribution in [0.3, 0.4) is 0 Å². The molecule has 116 valence electrons. The first-order chi connectivity index (χ1) is 10.6. The zero-order valence-corrected chi connectivity index (χ0v) is 13.2. The third-order valence-corrected chi connectivity index (χ3v) is 5.39. The Labute approximate surface area is 130 Å². The third-order valence-electron chi connectivity index (χ3n) is 3.93. The van der Waals surface area contributed by atoms with Gasteiger partial charge in [-0.2, -0.15) is 0 Å². The molecule has 1 aliphatic heterocycles. The highest BCUT2D eigenvalue weighted by atomic mass is 32.2. The Hall–Kier alpha value is -1.69. The molecule has 0 radical (unpaired) electrons. The van der Waals surface area contributed by atoms with Crippen LogP contribution in [0, 0.1) is 0 Å². The molecule has 5 heteroatoms. The summed E-state index contributed by atoms with van der Waals surface area (Å²) in [5.41, 5.74) is 0. The molecule has 1 N–H and O–H groups in total. The fourth-order valence-electron chi connectivity index (χ4n) is 2.63. The number of ether oxygens (including phenoxy) is 1. The van der Waals surface area contributed by atoms with Crippen molar-refractivity contribution in [3.8, 4) is 0 Å². The van der Waals surface area contributed by atoms with E-state index in [1.165, 1.54) is 10.3 Å². The first-order valence-electron chi connectivity index (χ1n) is 7.47. The molecule has 2 aromatic carbocycles. The van der Waals surface area contributed by atoms with Crippen LogP contribution in [0.2, 0.25) is 0 Å². The van der Waals surface area contributed by atoms with E-state index < -0.39 is 9.84 Å². The molecule has 0 spiro atoms. The molecule has 0 aliphatic carbocycles. The van der Waals surface area contributed by atoms with Gasteiger partial charge in [-0.1, -0.05) is 30.3 Å². The van der Waals surface area contributed by atoms with Gasteiger partial charge in [0.2, 0.25) is 0 Å². The fraction of sp³-hybridized carbons (Fsp3) is 0.294. The van der Waals surface area contributed by atoms with Crippen LogP contribution in [0.1, 0.15) is 0 Å². The standard InChI is InChI=1S/C17H19NO3S/c19-22(20,13-3-8-18-9-11-21-12-10-18)17-7-6-15-4-1-2-5-16(15)14-17/h1-7,13-14H,8-12H2/p+1/b13-3+. The molecule has 3 rings (SSSR count). The Bertz CT molecular complexity index is 777. The zero-order valence-electron chi connectivity index (χ0n) is 12.4. The maximum Gasteiger partial charge on any atom is 0.199 e. The average Bonchev–Trinajstić information content (AvgIpc) is 2.55. The number of hydrogen-bond donors (Lipinski definition) is 1. The summed E-state index contributed by atoms with van der Waals surface area (Å²) in [5, 5.41) is 3.32. The number of hydrogen-bond acceptors (Lipinski definition) is 3. The van der Waals surface area contributed by atoms with E-state index in [1.54, 1.807) is 18.2 Å². The smallest absolute Gasteiger partial charge is 0.199 e. The van der Waals surface area contributed by atoms with Gasteiger partial charge in [-0.15, -0.1) is 0 Å². The predicted octanol–water partition coefficient (Wildman–Crippen LogP) is 1.04. The van der Waals surface area contributed by atoms with Crippen molar-refractivity contribution >= 4 is 20.6 Å². The van der Waals surface area contributed by atoms with Gasteiger partial charge in [0.1, 0.15) is 13.1 Å². The minimum atomic E-state index is -3.38. The number of fused-ring (bicyclic) bond motifs is 1. The lowest BCUT2D eigenvalue weighted by Gasteiger charge is -2.22. The minimum absolute atomic E-state index is 0.347. The Morgan fingerprint density at radius 1 is 1.05 bits per heavy atom. The Kier molecular flexibility index (Phi) is 4.57. The molecule has 0 amide bonds. The lowest BCUT2D eigenvalue weighted by molar-refractivity contribution is -0.902. The van der Waals surface area contributed by atoms with Crippen LogP contribution in [-0.2, 0) is 14.6 Å². The molecule has 1 saturated heterocycles. The average molecular weight is 318 g/mol. The number of sulfone groups is 1. The molecule has 0 aromatic heterocycles. The quantitative estimate of drug-likeness (QED) is 0.916. The van der Waals surface area contributed by atoms with Gasteiger partial charge in [-0.05, 0) is 29.0 Å². The Balaban J connectivity index is 1.75. The molecule has 1 heterocycles. The minimum Gasteiger partial charge on any atom is -0.370 e. The SMILES string of the molecule is O=S(=O)(/C=C/C[NH+]1CCOCC1)c1ccc2ccccc2c1. The van der Waals surface area contributed by atoms with Gasteiger partial charge in [0.25, 0.3) is 0 Å². The zero-order chi connectivity index (χ0) is 15.4. The molecule has 4 nitrogen and oxygen atoms in total. The van der Waals surface area contributed by atoms with E-state index in [0.29, 0.717) is 4.90 Å². The van der Waals surface area contributed by atoms with Crippen molar-refractivity contribution in [2.75, 3.05) is 32.8 Å². The van der Waals surface area contributed by atoms with Crippen LogP contribution in [0.4, 0.5) is 0 Å². The van der Waals surface area contributed by atoms with Gasteiger partial charge in [0.05, 0.1) is 24.7 Å². The van der Waals surface area contributed by atoms with Gasteiger partial charge in [-0.25, -0.2) is 8.42 Å². The van der Waals surface area contributed by atoms with Crippen LogP contribution in [0.25, 0.3) is 10.8 Å². The molecule has 0 saturated carbocycles. The second kappa shape index (κ2) is 6.60. The van der Waals surface area contributed by atoms with Crippen molar-refractivity contribution in [1.82, 2.24) is 0 Å². The summed E-state index contributed by atoms with van der Waals surface area (Å²) in [6, 6.07) is 13.0. The summed E-state index contributed by atoms with van der Waals surface area (Å²) in [6.07, 6.45) is 1.76. The molecule has 22 heavy (non-hydrogen) atoms. The first-order valence-corrected chi connectivity index (χ1v) is 9.01. The van der Waals surface area contributed by atoms with Crippen molar-refractivity contribution in [2.24, 2.45) is 0 Å². The molecule has 0 atom stereocenters. The Morgan fingerprint density at radius 3 is 2.55 bits per heavy atom. The topological polar surface area (TPSA) is 47.8 Å². The maximum atomic E-state index is 12.4. The second-order valence-corrected chi connectivity index (χ2v) is 7.33. The second-order valence-electron chi connectivity index (χ2n) is 5.49. The Morgan fingerprint density at radius 2 is 1.77 bits per heavy atom. The molecule has 1 aliphatic rings. The first kappa shape index (κ1) is 15.2. The number of nitrogens with one attached hydrogen (secondary N) is 1. The summed E-state index contributed by atoms with van der Waals surface area (Å²) in [6.45, 7) is 4.08. The highest BCUT2D eigenvalue weighted by Gasteiger charge is 2.14. The molecule has 0 bridgehead atoms. The van der Waals surface area contributed by atoms with E-state index in [-0.39, 0.29) is 0 Å². The van der Waals surface area contributed by atoms with Crippen molar-refractivity contribution in [2.45, 2.75) is 4.90 Å². The summed E-state index contributed by atoms with van der Waals surface area (Å²) >= 11 is 0. The molecular weight excluding hydrogens is 298 g/mol. The lowest BCUT2D eigenvalue weighted by atomic mass is 10.1. The van der Waals surface area contributed by atoms with Gasteiger partial charge in [0, 0.05) is 5.41 Å². The number of rotatable bonds is 4. The number of morpholine rings is 1. The third kappa shape index (κ3) is 3.55. The van der Waals surface area contributed by atoms with Crippen LogP contribution in [0.5, 0.6) is 0 Å². The van der Waals surface area contributed by atoms with Crippen molar-refractivity contribution in [3.63, 3.8) is 0 Å². The van der Waals surface area contributed by atoms with Crippen molar-refractivity contribution in [3.05, 3.63) is 53.9 Å². The molecule has 1 fully saturated rings. The largest absolute Gasteiger partial charge is 0.370 e. The summed E-state index contributed by atoms with van der Waals surface area (Å²) in [4.78, 5) is 1.70. The number of quaternary nitrogens is 1. The van der Waals surface area contributed by atoms with Gasteiger partial charge < -0.3 is 9.64 Å². The molecule has 2 aromatic rings. The van der Waals surface area contributed by atoms with Crippen LogP contribution < -0.4 is 4.90 Å². The number of benzene rings is 2. The predicted molar refractivity (Wildman–Crippen MR) is 86.7 cm³/mol. The van der Waals surface area contributed by atoms with E-state index in [2.05, 4.69) is 0 Å². The fourth-order valence-corrected chi connectivity index (χ4v) is 3.68. The summed E-state index contributed by atoms with van der Waals surface area (Å²) < 4.78 is 30.1. The molecule has 0 unspecified atom stereocenters. The van der Waals surface area contributed by atoms with Gasteiger partial charge in [-0.3, -0.25) is 0 Å². The highest BCUT2D eigenvalue weighted by molar-refractivity contribution is 7.94. The lowest BCUT2D eigenvalue weighted by Crippen LogP contribution is -3.13. The van der Waals surface area contributed by atoms with E-state index in [0.717, 1.165) is 43.6 Å². The van der Waals surface area contributed by atoms with Crippen molar-refractivity contribution in [1.29, 1.82) is 0 Å². The van der Waals surface area contributed by atoms with Crippen molar-refractivity contribution < 1.29 is 18.1 Å². The van der Waals surface area contributed by atoms with E-state index in [9.17, 15) is 8.42 Å². The van der Waals surface area contributed by atoms with E-state index >= 15 is 0 Å². The molecular formula is C17H20NO3S+. The van der Waals surface area contributed by atoms with Crippen LogP contribution >= 0.6 is 0 Å². The maximum absolute atomic E-state index is 12.4. The highest BCUT2D eigenvalue weighted by Crippen LogP contribution is 2.20. The van der Waals surface area contributed by atoms with Gasteiger partial charge >= 0.3 is 0 Å². The summed E-state index contributed by atoms with van der Waals surface area (Å²) in [7, 11) is -3.38.